The summed E-state index contributed by atoms with van der Waals surface area (Å²) >= 11 is 0. The molecular weight excluding hydrogens is 208 g/mol. The predicted octanol–water partition coefficient (Wildman–Crippen LogP) is 0.825. The average molecular weight is 230 g/mol. The molecular formula is C11H22N2O3. The molecule has 5 heteroatoms. The topological polar surface area (TPSA) is 83.6 Å². The molecule has 1 amide bonds. The Bertz CT molecular complexity index is 264. The van der Waals surface area contributed by atoms with Crippen LogP contribution in [0, 0.1) is 0 Å². The van der Waals surface area contributed by atoms with E-state index in [-0.39, 0.29) is 18.4 Å². The number of aliphatic carboxylic acids is 1. The lowest BCUT2D eigenvalue weighted by Crippen LogP contribution is -2.53. The lowest BCUT2D eigenvalue weighted by atomic mass is 10.0. The van der Waals surface area contributed by atoms with Crippen molar-refractivity contribution in [3.8, 4) is 0 Å². The van der Waals surface area contributed by atoms with Crippen LogP contribution >= 0.6 is 0 Å². The maximum Gasteiger partial charge on any atom is 0.329 e. The molecule has 0 rings (SSSR count). The van der Waals surface area contributed by atoms with Gasteiger partial charge in [0.25, 0.3) is 0 Å². The Morgan fingerprint density at radius 3 is 2.19 bits per heavy atom. The summed E-state index contributed by atoms with van der Waals surface area (Å²) in [5.74, 6) is -1.21. The second-order valence-electron chi connectivity index (χ2n) is 4.37. The van der Waals surface area contributed by atoms with Gasteiger partial charge in [0.2, 0.25) is 5.91 Å². The van der Waals surface area contributed by atoms with Crippen molar-refractivity contribution in [1.82, 2.24) is 4.90 Å². The van der Waals surface area contributed by atoms with Crippen LogP contribution in [0.25, 0.3) is 0 Å². The van der Waals surface area contributed by atoms with Gasteiger partial charge in [0.15, 0.2) is 0 Å². The van der Waals surface area contributed by atoms with Crippen LogP contribution in [0.5, 0.6) is 0 Å². The lowest BCUT2D eigenvalue weighted by molar-refractivity contribution is -0.156. The number of carboxylic acids is 1. The minimum absolute atomic E-state index is 0.195. The quantitative estimate of drug-likeness (QED) is 0.707. The first-order valence-corrected chi connectivity index (χ1v) is 5.56. The third kappa shape index (κ3) is 3.48. The van der Waals surface area contributed by atoms with Crippen LogP contribution in [0.4, 0.5) is 0 Å². The summed E-state index contributed by atoms with van der Waals surface area (Å²) in [5.41, 5.74) is 4.51. The maximum absolute atomic E-state index is 11.9. The molecule has 0 bridgehead atoms. The van der Waals surface area contributed by atoms with Crippen LogP contribution in [0.2, 0.25) is 0 Å². The Balaban J connectivity index is 4.74. The summed E-state index contributed by atoms with van der Waals surface area (Å²) in [6, 6.07) is -0.203. The molecule has 0 spiro atoms. The predicted molar refractivity (Wildman–Crippen MR) is 62.0 cm³/mol. The van der Waals surface area contributed by atoms with Crippen molar-refractivity contribution in [3.05, 3.63) is 0 Å². The number of amides is 1. The van der Waals surface area contributed by atoms with Gasteiger partial charge >= 0.3 is 5.97 Å². The van der Waals surface area contributed by atoms with Crippen molar-refractivity contribution in [2.24, 2.45) is 5.73 Å². The van der Waals surface area contributed by atoms with Crippen molar-refractivity contribution < 1.29 is 14.7 Å². The van der Waals surface area contributed by atoms with Crippen LogP contribution in [0.3, 0.4) is 0 Å². The van der Waals surface area contributed by atoms with Crippen LogP contribution in [0.15, 0.2) is 0 Å². The number of carboxylic acid groups (broad SMARTS) is 1. The van der Waals surface area contributed by atoms with E-state index in [4.69, 9.17) is 10.8 Å². The van der Waals surface area contributed by atoms with E-state index in [2.05, 4.69) is 0 Å². The highest BCUT2D eigenvalue weighted by Gasteiger charge is 2.36. The van der Waals surface area contributed by atoms with Crippen molar-refractivity contribution in [2.45, 2.75) is 52.1 Å². The number of hydrogen-bond acceptors (Lipinski definition) is 3. The van der Waals surface area contributed by atoms with Gasteiger partial charge in [0, 0.05) is 19.0 Å². The normalized spacial score (nSPS) is 13.3. The molecule has 1 atom stereocenters. The van der Waals surface area contributed by atoms with Crippen molar-refractivity contribution >= 4 is 11.9 Å². The van der Waals surface area contributed by atoms with E-state index >= 15 is 0 Å². The Kier molecular flexibility index (Phi) is 5.44. The van der Waals surface area contributed by atoms with E-state index in [1.165, 1.54) is 18.7 Å². The molecule has 0 fully saturated rings. The summed E-state index contributed by atoms with van der Waals surface area (Å²) in [5, 5.41) is 9.06. The fourth-order valence-corrected chi connectivity index (χ4v) is 1.48. The molecule has 0 aromatic carbocycles. The van der Waals surface area contributed by atoms with Gasteiger partial charge in [-0.3, -0.25) is 4.79 Å². The minimum Gasteiger partial charge on any atom is -0.480 e. The zero-order valence-electron chi connectivity index (χ0n) is 10.5. The fraction of sp³-hybridized carbons (Fsp3) is 0.818. The van der Waals surface area contributed by atoms with E-state index in [1.54, 1.807) is 6.92 Å². The van der Waals surface area contributed by atoms with Crippen molar-refractivity contribution in [1.29, 1.82) is 0 Å². The molecule has 94 valence electrons. The first-order valence-electron chi connectivity index (χ1n) is 5.56. The molecule has 0 saturated carbocycles. The number of nitrogens with zero attached hydrogens (tertiary/aromatic N) is 1. The zero-order valence-corrected chi connectivity index (χ0v) is 10.5. The molecule has 0 aromatic rings. The Morgan fingerprint density at radius 2 is 1.88 bits per heavy atom. The third-order valence-corrected chi connectivity index (χ3v) is 2.78. The van der Waals surface area contributed by atoms with E-state index < -0.39 is 11.5 Å². The Morgan fingerprint density at radius 1 is 1.38 bits per heavy atom. The molecule has 0 aliphatic rings. The van der Waals surface area contributed by atoms with Crippen LogP contribution in [0.1, 0.15) is 40.5 Å². The SMILES string of the molecule is CCC(N)CC(=O)N(CC)C(C)(C)C(=O)O. The largest absolute Gasteiger partial charge is 0.480 e. The number of rotatable bonds is 6. The van der Waals surface area contributed by atoms with E-state index in [9.17, 15) is 9.59 Å². The summed E-state index contributed by atoms with van der Waals surface area (Å²) < 4.78 is 0. The van der Waals surface area contributed by atoms with Gasteiger partial charge in [-0.25, -0.2) is 4.79 Å². The highest BCUT2D eigenvalue weighted by Crippen LogP contribution is 2.16. The second-order valence-corrected chi connectivity index (χ2v) is 4.37. The summed E-state index contributed by atoms with van der Waals surface area (Å²) in [7, 11) is 0. The fourth-order valence-electron chi connectivity index (χ4n) is 1.48. The first-order chi connectivity index (χ1) is 7.27. The van der Waals surface area contributed by atoms with Gasteiger partial charge in [0.1, 0.15) is 5.54 Å². The molecule has 0 aliphatic carbocycles. The standard InChI is InChI=1S/C11H22N2O3/c1-5-8(12)7-9(14)13(6-2)11(3,4)10(15)16/h8H,5-7,12H2,1-4H3,(H,15,16). The molecule has 0 aromatic heterocycles. The van der Waals surface area contributed by atoms with E-state index in [1.807, 2.05) is 6.92 Å². The van der Waals surface area contributed by atoms with Gasteiger partial charge in [-0.15, -0.1) is 0 Å². The number of carbonyl (C=O) groups is 2. The van der Waals surface area contributed by atoms with E-state index in [0.29, 0.717) is 13.0 Å². The monoisotopic (exact) mass is 230 g/mol. The second kappa shape index (κ2) is 5.84. The molecule has 3 N–H and O–H groups in total. The average Bonchev–Trinajstić information content (AvgIpc) is 2.17. The Hall–Kier alpha value is -1.10. The minimum atomic E-state index is -1.18. The van der Waals surface area contributed by atoms with Crippen LogP contribution in [-0.4, -0.2) is 40.0 Å². The molecule has 1 unspecified atom stereocenters. The van der Waals surface area contributed by atoms with E-state index in [0.717, 1.165) is 0 Å². The highest BCUT2D eigenvalue weighted by atomic mass is 16.4. The third-order valence-electron chi connectivity index (χ3n) is 2.78. The Labute approximate surface area is 96.6 Å². The molecule has 5 nitrogen and oxygen atoms in total. The maximum atomic E-state index is 11.9. The number of likely N-dealkylation sites (N-methyl/N-ethyl adjacent to an activating group) is 1. The summed E-state index contributed by atoms with van der Waals surface area (Å²) in [6.07, 6.45) is 0.901. The van der Waals surface area contributed by atoms with Gasteiger partial charge < -0.3 is 15.7 Å². The molecule has 16 heavy (non-hydrogen) atoms. The highest BCUT2D eigenvalue weighted by molar-refractivity contribution is 5.86. The summed E-state index contributed by atoms with van der Waals surface area (Å²) in [6.45, 7) is 7.08. The number of carbonyl (C=O) groups excluding carboxylic acids is 1. The zero-order chi connectivity index (χ0) is 12.9. The molecule has 0 saturated heterocycles. The molecule has 0 aliphatic heterocycles. The molecule has 0 heterocycles. The molecule has 0 radical (unpaired) electrons. The summed E-state index contributed by atoms with van der Waals surface area (Å²) in [4.78, 5) is 24.3. The smallest absolute Gasteiger partial charge is 0.329 e. The number of nitrogens with two attached hydrogens (primary N) is 1. The van der Waals surface area contributed by atoms with Gasteiger partial charge in [-0.1, -0.05) is 6.92 Å². The van der Waals surface area contributed by atoms with Gasteiger partial charge in [0.05, 0.1) is 0 Å². The van der Waals surface area contributed by atoms with Crippen LogP contribution in [-0.2, 0) is 9.59 Å². The number of hydrogen-bond donors (Lipinski definition) is 2. The van der Waals surface area contributed by atoms with Gasteiger partial charge in [-0.05, 0) is 27.2 Å². The van der Waals surface area contributed by atoms with Crippen molar-refractivity contribution in [2.75, 3.05) is 6.54 Å². The lowest BCUT2D eigenvalue weighted by Gasteiger charge is -2.34. The van der Waals surface area contributed by atoms with Crippen molar-refractivity contribution in [3.63, 3.8) is 0 Å². The van der Waals surface area contributed by atoms with Crippen LogP contribution < -0.4 is 5.73 Å². The first kappa shape index (κ1) is 14.9. The van der Waals surface area contributed by atoms with Gasteiger partial charge in [-0.2, -0.15) is 0 Å².